The van der Waals surface area contributed by atoms with Crippen LogP contribution in [-0.4, -0.2) is 86.8 Å². The molecule has 0 spiro atoms. The van der Waals surface area contributed by atoms with Gasteiger partial charge in [0.15, 0.2) is 0 Å². The highest BCUT2D eigenvalue weighted by Crippen LogP contribution is 2.35. The number of rotatable bonds is 14. The van der Waals surface area contributed by atoms with Gasteiger partial charge in [-0.25, -0.2) is 0 Å². The van der Waals surface area contributed by atoms with Crippen molar-refractivity contribution in [1.82, 2.24) is 9.80 Å². The lowest BCUT2D eigenvalue weighted by Gasteiger charge is -2.29. The molecule has 4 unspecified atom stereocenters. The van der Waals surface area contributed by atoms with Crippen LogP contribution in [-0.2, 0) is 32.0 Å². The summed E-state index contributed by atoms with van der Waals surface area (Å²) in [5, 5.41) is 0. The van der Waals surface area contributed by atoms with E-state index in [0.717, 1.165) is 65.7 Å². The van der Waals surface area contributed by atoms with Gasteiger partial charge in [0.25, 0.3) is 0 Å². The Bertz CT molecular complexity index is 689. The van der Waals surface area contributed by atoms with Gasteiger partial charge >= 0.3 is 0 Å². The van der Waals surface area contributed by atoms with E-state index in [2.05, 4.69) is 49.6 Å². The first-order valence-electron chi connectivity index (χ1n) is 12.5. The molecule has 4 heterocycles. The van der Waals surface area contributed by atoms with Crippen molar-refractivity contribution in [1.29, 1.82) is 0 Å². The molecule has 4 aliphatic heterocycles. The number of nitrogens with zero attached hydrogens (tertiary/aromatic N) is 2. The average Bonchev–Trinajstić information content (AvgIpc) is 3.57. The normalized spacial score (nSPS) is 28.2. The van der Waals surface area contributed by atoms with Crippen molar-refractivity contribution in [2.24, 2.45) is 0 Å². The summed E-state index contributed by atoms with van der Waals surface area (Å²) in [6.45, 7) is 19.0. The van der Waals surface area contributed by atoms with Crippen LogP contribution in [0.25, 0.3) is 0 Å². The molecule has 4 saturated heterocycles. The van der Waals surface area contributed by atoms with Crippen molar-refractivity contribution in [2.45, 2.75) is 77.0 Å². The maximum absolute atomic E-state index is 5.55. The predicted octanol–water partition coefficient (Wildman–Crippen LogP) is 3.13. The number of ether oxygens (including phenoxy) is 4. The second kappa shape index (κ2) is 9.69. The molecule has 0 aromatic heterocycles. The van der Waals surface area contributed by atoms with Crippen molar-refractivity contribution in [3.05, 3.63) is 34.4 Å². The first kappa shape index (κ1) is 22.8. The fraction of sp³-hybridized carbons (Fsp3) is 0.769. The summed E-state index contributed by atoms with van der Waals surface area (Å²) in [5.41, 5.74) is 6.02. The van der Waals surface area contributed by atoms with Gasteiger partial charge in [-0.2, -0.15) is 0 Å². The third-order valence-corrected chi connectivity index (χ3v) is 6.87. The minimum Gasteiger partial charge on any atom is -0.372 e. The van der Waals surface area contributed by atoms with Gasteiger partial charge in [-0.3, -0.25) is 9.80 Å². The van der Waals surface area contributed by atoms with Gasteiger partial charge in [0.1, 0.15) is 0 Å². The van der Waals surface area contributed by atoms with Crippen LogP contribution in [0.4, 0.5) is 0 Å². The number of benzene rings is 1. The van der Waals surface area contributed by atoms with E-state index in [1.165, 1.54) is 11.1 Å². The van der Waals surface area contributed by atoms with E-state index in [4.69, 9.17) is 18.9 Å². The molecular weight excluding hydrogens is 404 g/mol. The summed E-state index contributed by atoms with van der Waals surface area (Å²) in [5.74, 6) is 0.982. The van der Waals surface area contributed by atoms with Gasteiger partial charge in [0.05, 0.1) is 50.8 Å². The Morgan fingerprint density at radius 2 is 0.906 bits per heavy atom. The average molecular weight is 445 g/mol. The third kappa shape index (κ3) is 6.31. The van der Waals surface area contributed by atoms with E-state index >= 15 is 0 Å². The molecule has 178 valence electrons. The maximum Gasteiger partial charge on any atom is 0.0936 e. The molecule has 1 aromatic rings. The van der Waals surface area contributed by atoms with Crippen molar-refractivity contribution in [3.63, 3.8) is 0 Å². The largest absolute Gasteiger partial charge is 0.372 e. The first-order valence-corrected chi connectivity index (χ1v) is 12.5. The molecule has 0 aliphatic carbocycles. The maximum atomic E-state index is 5.55. The van der Waals surface area contributed by atoms with Gasteiger partial charge in [0, 0.05) is 39.3 Å². The molecule has 0 N–H and O–H groups in total. The van der Waals surface area contributed by atoms with Crippen LogP contribution in [0.15, 0.2) is 12.1 Å². The zero-order valence-electron chi connectivity index (χ0n) is 20.2. The Morgan fingerprint density at radius 3 is 1.12 bits per heavy atom. The number of hydrogen-bond acceptors (Lipinski definition) is 6. The number of epoxide rings is 4. The van der Waals surface area contributed by atoms with E-state index in [1.807, 2.05) is 0 Å². The first-order chi connectivity index (χ1) is 15.5. The molecular formula is C26H40N2O4. The second-order valence-electron chi connectivity index (χ2n) is 10.7. The smallest absolute Gasteiger partial charge is 0.0936 e. The molecule has 32 heavy (non-hydrogen) atoms. The molecule has 4 atom stereocenters. The van der Waals surface area contributed by atoms with Crippen molar-refractivity contribution >= 4 is 0 Å². The van der Waals surface area contributed by atoms with Crippen LogP contribution in [0.5, 0.6) is 0 Å². The lowest BCUT2D eigenvalue weighted by atomic mass is 9.83. The van der Waals surface area contributed by atoms with E-state index in [9.17, 15) is 0 Å². The Labute approximate surface area is 193 Å². The van der Waals surface area contributed by atoms with Crippen LogP contribution in [0.2, 0.25) is 0 Å². The van der Waals surface area contributed by atoms with Crippen LogP contribution in [0.3, 0.4) is 0 Å². The molecule has 6 heteroatoms. The zero-order chi connectivity index (χ0) is 22.2. The monoisotopic (exact) mass is 444 g/mol. The van der Waals surface area contributed by atoms with Crippen LogP contribution in [0, 0.1) is 0 Å². The molecule has 0 bridgehead atoms. The van der Waals surface area contributed by atoms with Gasteiger partial charge < -0.3 is 18.9 Å². The Kier molecular flexibility index (Phi) is 6.89. The highest BCUT2D eigenvalue weighted by Gasteiger charge is 2.33. The lowest BCUT2D eigenvalue weighted by molar-refractivity contribution is 0.210. The number of hydrogen-bond donors (Lipinski definition) is 0. The summed E-state index contributed by atoms with van der Waals surface area (Å²) in [6.07, 6.45) is 1.62. The van der Waals surface area contributed by atoms with E-state index in [0.29, 0.717) is 36.3 Å². The summed E-state index contributed by atoms with van der Waals surface area (Å²) >= 11 is 0. The fourth-order valence-corrected chi connectivity index (χ4v) is 5.10. The molecule has 6 nitrogen and oxygen atoms in total. The highest BCUT2D eigenvalue weighted by atomic mass is 16.6. The molecule has 0 radical (unpaired) electrons. The van der Waals surface area contributed by atoms with E-state index in [1.54, 1.807) is 11.1 Å². The molecule has 0 amide bonds. The summed E-state index contributed by atoms with van der Waals surface area (Å²) in [7, 11) is 0. The quantitative estimate of drug-likeness (QED) is 0.411. The van der Waals surface area contributed by atoms with Crippen molar-refractivity contribution in [2.75, 3.05) is 52.6 Å². The van der Waals surface area contributed by atoms with Gasteiger partial charge in [0.2, 0.25) is 0 Å². The summed E-state index contributed by atoms with van der Waals surface area (Å²) < 4.78 is 22.2. The van der Waals surface area contributed by atoms with Crippen LogP contribution >= 0.6 is 0 Å². The molecule has 1 aromatic carbocycles. The minimum atomic E-state index is 0.405. The second-order valence-corrected chi connectivity index (χ2v) is 10.7. The minimum absolute atomic E-state index is 0.405. The van der Waals surface area contributed by atoms with Gasteiger partial charge in [-0.15, -0.1) is 0 Å². The highest BCUT2D eigenvalue weighted by molar-refractivity contribution is 5.45. The van der Waals surface area contributed by atoms with E-state index in [-0.39, 0.29) is 0 Å². The standard InChI is InChI=1S/C26H40N2O4/c1-17(2)25-19(7-27(9-21-13-29-21)10-22-14-30-22)5-6-20(26(25)18(3)4)8-28(11-23-15-31-23)12-24-16-32-24/h5-6,17-18,21-24H,7-16H2,1-4H3. The Hall–Kier alpha value is -1.02. The zero-order valence-corrected chi connectivity index (χ0v) is 20.2. The Morgan fingerprint density at radius 1 is 0.625 bits per heavy atom. The molecule has 0 saturated carbocycles. The van der Waals surface area contributed by atoms with Gasteiger partial charge in [-0.1, -0.05) is 39.8 Å². The third-order valence-electron chi connectivity index (χ3n) is 6.87. The predicted molar refractivity (Wildman–Crippen MR) is 124 cm³/mol. The molecule has 4 fully saturated rings. The summed E-state index contributed by atoms with van der Waals surface area (Å²) in [6, 6.07) is 4.79. The van der Waals surface area contributed by atoms with Crippen LogP contribution in [0.1, 0.15) is 61.8 Å². The van der Waals surface area contributed by atoms with Crippen LogP contribution < -0.4 is 0 Å². The molecule has 5 rings (SSSR count). The Balaban J connectivity index is 1.38. The fourth-order valence-electron chi connectivity index (χ4n) is 5.10. The summed E-state index contributed by atoms with van der Waals surface area (Å²) in [4.78, 5) is 5.09. The molecule has 4 aliphatic rings. The van der Waals surface area contributed by atoms with Crippen molar-refractivity contribution in [3.8, 4) is 0 Å². The van der Waals surface area contributed by atoms with Gasteiger partial charge in [-0.05, 0) is 34.1 Å². The lowest BCUT2D eigenvalue weighted by Crippen LogP contribution is -2.33. The van der Waals surface area contributed by atoms with Crippen molar-refractivity contribution < 1.29 is 18.9 Å². The SMILES string of the molecule is CC(C)c1c(CN(CC2CO2)CC2CO2)ccc(CN(CC2CO2)CC2CO2)c1C(C)C. The van der Waals surface area contributed by atoms with E-state index < -0.39 is 0 Å². The topological polar surface area (TPSA) is 56.6 Å².